The predicted octanol–water partition coefficient (Wildman–Crippen LogP) is 7.22. The molecule has 1 aromatic heterocycles. The molecule has 2 nitrogen and oxygen atoms in total. The second kappa shape index (κ2) is 7.97. The van der Waals surface area contributed by atoms with Gasteiger partial charge in [-0.15, -0.1) is 0 Å². The molecule has 0 aliphatic rings. The van der Waals surface area contributed by atoms with Gasteiger partial charge in [-0.05, 0) is 47.0 Å². The summed E-state index contributed by atoms with van der Waals surface area (Å²) in [5, 5.41) is 13.4. The molecule has 0 spiro atoms. The van der Waals surface area contributed by atoms with Gasteiger partial charge >= 0.3 is 0 Å². The van der Waals surface area contributed by atoms with Gasteiger partial charge in [0.15, 0.2) is 0 Å². The Morgan fingerprint density at radius 2 is 1.61 bits per heavy atom. The van der Waals surface area contributed by atoms with Crippen LogP contribution in [0.4, 0.5) is 0 Å². The van der Waals surface area contributed by atoms with Gasteiger partial charge in [-0.2, -0.15) is 5.26 Å². The summed E-state index contributed by atoms with van der Waals surface area (Å²) in [6.07, 6.45) is 4.17. The highest BCUT2D eigenvalue weighted by atomic mass is 15.0. The second-order valence-corrected chi connectivity index (χ2v) is 7.95. The zero-order valence-corrected chi connectivity index (χ0v) is 17.4. The molecule has 0 aliphatic heterocycles. The standard InChI is InChI=1S/C29H22N2/c1-21-10-12-22(13-11-21)19-31-20-27(28-8-4-5-9-29(28)31)17-26(18-30)25-15-14-23-6-2-3-7-24(23)16-25/h2-17,20H,19H2,1H3/b26-17-. The van der Waals surface area contributed by atoms with Crippen LogP contribution in [0.1, 0.15) is 22.3 Å². The van der Waals surface area contributed by atoms with Crippen LogP contribution in [0.3, 0.4) is 0 Å². The van der Waals surface area contributed by atoms with Gasteiger partial charge in [-0.25, -0.2) is 0 Å². The maximum Gasteiger partial charge on any atom is 0.0998 e. The molecule has 148 valence electrons. The van der Waals surface area contributed by atoms with Gasteiger partial charge in [-0.1, -0.05) is 84.4 Å². The minimum Gasteiger partial charge on any atom is -0.342 e. The first-order chi connectivity index (χ1) is 15.2. The van der Waals surface area contributed by atoms with Crippen LogP contribution in [-0.4, -0.2) is 4.57 Å². The summed E-state index contributed by atoms with van der Waals surface area (Å²) in [5.74, 6) is 0. The average Bonchev–Trinajstić information content (AvgIpc) is 3.16. The number of allylic oxidation sites excluding steroid dienone is 1. The Bertz CT molecular complexity index is 1460. The maximum atomic E-state index is 9.93. The Kier molecular flexibility index (Phi) is 4.86. The third-order valence-electron chi connectivity index (χ3n) is 5.77. The monoisotopic (exact) mass is 398 g/mol. The summed E-state index contributed by atoms with van der Waals surface area (Å²) < 4.78 is 2.27. The summed E-state index contributed by atoms with van der Waals surface area (Å²) >= 11 is 0. The van der Waals surface area contributed by atoms with Crippen molar-refractivity contribution in [2.75, 3.05) is 0 Å². The molecule has 0 aliphatic carbocycles. The molecule has 1 heterocycles. The third kappa shape index (κ3) is 3.74. The fourth-order valence-corrected chi connectivity index (χ4v) is 4.10. The summed E-state index contributed by atoms with van der Waals surface area (Å²) in [6.45, 7) is 2.90. The lowest BCUT2D eigenvalue weighted by molar-refractivity contribution is 0.836. The molecule has 0 unspecified atom stereocenters. The quantitative estimate of drug-likeness (QED) is 0.294. The Morgan fingerprint density at radius 3 is 2.42 bits per heavy atom. The van der Waals surface area contributed by atoms with Crippen molar-refractivity contribution < 1.29 is 0 Å². The molecule has 0 fully saturated rings. The fraction of sp³-hybridized carbons (Fsp3) is 0.0690. The molecule has 0 atom stereocenters. The number of para-hydroxylation sites is 1. The molecule has 31 heavy (non-hydrogen) atoms. The first-order valence-corrected chi connectivity index (χ1v) is 10.5. The molecule has 0 bridgehead atoms. The molecule has 0 N–H and O–H groups in total. The van der Waals surface area contributed by atoms with Gasteiger partial charge in [0, 0.05) is 29.2 Å². The predicted molar refractivity (Wildman–Crippen MR) is 130 cm³/mol. The van der Waals surface area contributed by atoms with Gasteiger partial charge in [0.05, 0.1) is 11.6 Å². The largest absolute Gasteiger partial charge is 0.342 e. The van der Waals surface area contributed by atoms with E-state index in [1.807, 2.05) is 24.3 Å². The Morgan fingerprint density at radius 1 is 0.871 bits per heavy atom. The van der Waals surface area contributed by atoms with Gasteiger partial charge in [0.1, 0.15) is 0 Å². The second-order valence-electron chi connectivity index (χ2n) is 7.95. The SMILES string of the molecule is Cc1ccc(Cn2cc(/C=C(/C#N)c3ccc4ccccc4c3)c3ccccc32)cc1. The van der Waals surface area contributed by atoms with Crippen molar-refractivity contribution in [3.8, 4) is 6.07 Å². The van der Waals surface area contributed by atoms with E-state index in [-0.39, 0.29) is 0 Å². The van der Waals surface area contributed by atoms with Crippen LogP contribution in [-0.2, 0) is 6.54 Å². The van der Waals surface area contributed by atoms with Crippen LogP contribution in [0, 0.1) is 18.3 Å². The average molecular weight is 399 g/mol. The number of aromatic nitrogens is 1. The molecule has 4 aromatic carbocycles. The van der Waals surface area contributed by atoms with Crippen molar-refractivity contribution in [1.29, 1.82) is 5.26 Å². The molecule has 2 heteroatoms. The molecule has 5 rings (SSSR count). The van der Waals surface area contributed by atoms with E-state index in [1.165, 1.54) is 22.0 Å². The van der Waals surface area contributed by atoms with Crippen LogP contribution >= 0.6 is 0 Å². The lowest BCUT2D eigenvalue weighted by atomic mass is 10.00. The number of hydrogen-bond donors (Lipinski definition) is 0. The molecule has 5 aromatic rings. The first-order valence-electron chi connectivity index (χ1n) is 10.5. The minimum absolute atomic E-state index is 0.670. The van der Waals surface area contributed by atoms with E-state index in [0.717, 1.165) is 28.4 Å². The van der Waals surface area contributed by atoms with Gasteiger partial charge in [-0.3, -0.25) is 0 Å². The highest BCUT2D eigenvalue weighted by molar-refractivity contribution is 5.99. The van der Waals surface area contributed by atoms with E-state index in [2.05, 4.69) is 96.6 Å². The van der Waals surface area contributed by atoms with Crippen molar-refractivity contribution in [3.63, 3.8) is 0 Å². The number of benzene rings is 4. The maximum absolute atomic E-state index is 9.93. The zero-order valence-electron chi connectivity index (χ0n) is 17.4. The number of nitrogens with zero attached hydrogens (tertiary/aromatic N) is 2. The Hall–Kier alpha value is -4.09. The highest BCUT2D eigenvalue weighted by Gasteiger charge is 2.10. The summed E-state index contributed by atoms with van der Waals surface area (Å²) in [7, 11) is 0. The van der Waals surface area contributed by atoms with Crippen molar-refractivity contribution in [3.05, 3.63) is 119 Å². The Balaban J connectivity index is 1.59. The lowest BCUT2D eigenvalue weighted by Gasteiger charge is -2.06. The van der Waals surface area contributed by atoms with Crippen LogP contribution in [0.2, 0.25) is 0 Å². The number of aryl methyl sites for hydroxylation is 1. The Labute approximate surface area is 182 Å². The summed E-state index contributed by atoms with van der Waals surface area (Å²) in [6, 6.07) is 33.9. The smallest absolute Gasteiger partial charge is 0.0998 e. The number of rotatable bonds is 4. The molecule has 0 radical (unpaired) electrons. The van der Waals surface area contributed by atoms with Crippen molar-refractivity contribution >= 4 is 33.3 Å². The van der Waals surface area contributed by atoms with Crippen molar-refractivity contribution in [2.24, 2.45) is 0 Å². The van der Waals surface area contributed by atoms with E-state index < -0.39 is 0 Å². The van der Waals surface area contributed by atoms with Crippen LogP contribution in [0.5, 0.6) is 0 Å². The van der Waals surface area contributed by atoms with Crippen LogP contribution < -0.4 is 0 Å². The zero-order chi connectivity index (χ0) is 21.2. The topological polar surface area (TPSA) is 28.7 Å². The van der Waals surface area contributed by atoms with Crippen molar-refractivity contribution in [1.82, 2.24) is 4.57 Å². The van der Waals surface area contributed by atoms with E-state index in [4.69, 9.17) is 0 Å². The normalized spacial score (nSPS) is 11.7. The number of hydrogen-bond acceptors (Lipinski definition) is 1. The van der Waals surface area contributed by atoms with E-state index in [1.54, 1.807) is 0 Å². The molecule has 0 saturated heterocycles. The highest BCUT2D eigenvalue weighted by Crippen LogP contribution is 2.28. The number of fused-ring (bicyclic) bond motifs is 2. The fourth-order valence-electron chi connectivity index (χ4n) is 4.10. The van der Waals surface area contributed by atoms with E-state index >= 15 is 0 Å². The summed E-state index contributed by atoms with van der Waals surface area (Å²) in [5.41, 5.74) is 6.37. The molecular weight excluding hydrogens is 376 g/mol. The first kappa shape index (κ1) is 18.9. The molecule has 0 saturated carbocycles. The molecular formula is C29H22N2. The van der Waals surface area contributed by atoms with Gasteiger partial charge in [0.25, 0.3) is 0 Å². The van der Waals surface area contributed by atoms with E-state index in [9.17, 15) is 5.26 Å². The van der Waals surface area contributed by atoms with E-state index in [0.29, 0.717) is 5.57 Å². The van der Waals surface area contributed by atoms with Gasteiger partial charge < -0.3 is 4.57 Å². The summed E-state index contributed by atoms with van der Waals surface area (Å²) in [4.78, 5) is 0. The van der Waals surface area contributed by atoms with Crippen LogP contribution in [0.25, 0.3) is 33.3 Å². The van der Waals surface area contributed by atoms with Gasteiger partial charge in [0.2, 0.25) is 0 Å². The number of nitriles is 1. The lowest BCUT2D eigenvalue weighted by Crippen LogP contribution is -1.97. The van der Waals surface area contributed by atoms with Crippen LogP contribution in [0.15, 0.2) is 97.2 Å². The van der Waals surface area contributed by atoms with Crippen molar-refractivity contribution in [2.45, 2.75) is 13.5 Å². The third-order valence-corrected chi connectivity index (χ3v) is 5.77. The molecule has 0 amide bonds. The minimum atomic E-state index is 0.670.